The Balaban J connectivity index is 2.63. The number of hydrogen-bond acceptors (Lipinski definition) is 4. The average molecular weight is 210 g/mol. The third-order valence-corrected chi connectivity index (χ3v) is 1.83. The molecule has 0 aliphatic carbocycles. The Morgan fingerprint density at radius 3 is 2.80 bits per heavy atom. The molecule has 0 fully saturated rings. The number of aliphatic hydroxyl groups is 1. The van der Waals surface area contributed by atoms with Crippen LogP contribution in [0.3, 0.4) is 0 Å². The summed E-state index contributed by atoms with van der Waals surface area (Å²) in [5.74, 6) is 0.0214. The third kappa shape index (κ3) is 3.99. The molecule has 4 nitrogen and oxygen atoms in total. The van der Waals surface area contributed by atoms with Gasteiger partial charge in [0.25, 0.3) is 0 Å². The highest BCUT2D eigenvalue weighted by Crippen LogP contribution is 2.19. The van der Waals surface area contributed by atoms with Crippen molar-refractivity contribution in [2.45, 2.75) is 19.8 Å². The Morgan fingerprint density at radius 2 is 2.13 bits per heavy atom. The summed E-state index contributed by atoms with van der Waals surface area (Å²) in [5, 5.41) is 8.71. The standard InChI is InChI=1S/C11H14O4/c1-9(13)14-15-11-7-3-2-5-10(11)6-4-8-12/h2-3,5,7,12H,4,6,8H2,1H3. The van der Waals surface area contributed by atoms with Crippen LogP contribution in [0, 0.1) is 0 Å². The van der Waals surface area contributed by atoms with Crippen LogP contribution < -0.4 is 4.89 Å². The van der Waals surface area contributed by atoms with Gasteiger partial charge in [-0.1, -0.05) is 18.2 Å². The number of para-hydroxylation sites is 1. The van der Waals surface area contributed by atoms with E-state index in [0.29, 0.717) is 18.6 Å². The minimum atomic E-state index is -0.494. The van der Waals surface area contributed by atoms with E-state index in [0.717, 1.165) is 5.56 Å². The molecule has 0 spiro atoms. The summed E-state index contributed by atoms with van der Waals surface area (Å²) < 4.78 is 0. The van der Waals surface area contributed by atoms with Crippen LogP contribution in [0.4, 0.5) is 0 Å². The second-order valence-corrected chi connectivity index (χ2v) is 3.09. The van der Waals surface area contributed by atoms with E-state index < -0.39 is 5.97 Å². The molecule has 15 heavy (non-hydrogen) atoms. The van der Waals surface area contributed by atoms with Gasteiger partial charge in [0, 0.05) is 13.5 Å². The second-order valence-electron chi connectivity index (χ2n) is 3.09. The molecule has 0 saturated heterocycles. The third-order valence-electron chi connectivity index (χ3n) is 1.83. The molecule has 0 saturated carbocycles. The molecule has 0 bridgehead atoms. The van der Waals surface area contributed by atoms with Crippen LogP contribution >= 0.6 is 0 Å². The number of aliphatic hydroxyl groups excluding tert-OH is 1. The smallest absolute Gasteiger partial charge is 0.352 e. The van der Waals surface area contributed by atoms with Gasteiger partial charge in [0.15, 0.2) is 5.75 Å². The van der Waals surface area contributed by atoms with E-state index in [-0.39, 0.29) is 6.61 Å². The van der Waals surface area contributed by atoms with Crippen molar-refractivity contribution in [2.75, 3.05) is 6.61 Å². The molecule has 0 heterocycles. The summed E-state index contributed by atoms with van der Waals surface area (Å²) in [6.45, 7) is 1.40. The Hall–Kier alpha value is -1.55. The van der Waals surface area contributed by atoms with E-state index in [1.165, 1.54) is 6.92 Å². The topological polar surface area (TPSA) is 55.8 Å². The van der Waals surface area contributed by atoms with Gasteiger partial charge in [-0.25, -0.2) is 4.79 Å². The van der Waals surface area contributed by atoms with Gasteiger partial charge in [0.1, 0.15) is 0 Å². The van der Waals surface area contributed by atoms with Gasteiger partial charge < -0.3 is 5.11 Å². The Kier molecular flexibility index (Phi) is 4.63. The number of aryl methyl sites for hydroxylation is 1. The maximum absolute atomic E-state index is 10.6. The fourth-order valence-electron chi connectivity index (χ4n) is 1.16. The van der Waals surface area contributed by atoms with Gasteiger partial charge in [-0.15, -0.1) is 0 Å². The quantitative estimate of drug-likeness (QED) is 0.590. The van der Waals surface area contributed by atoms with Crippen molar-refractivity contribution in [2.24, 2.45) is 0 Å². The summed E-state index contributed by atoms with van der Waals surface area (Å²) in [7, 11) is 0. The first-order chi connectivity index (χ1) is 7.24. The lowest BCUT2D eigenvalue weighted by Crippen LogP contribution is -2.04. The highest BCUT2D eigenvalue weighted by Gasteiger charge is 2.04. The molecule has 4 heteroatoms. The van der Waals surface area contributed by atoms with E-state index in [9.17, 15) is 4.79 Å². The molecule has 82 valence electrons. The maximum Gasteiger partial charge on any atom is 0.352 e. The summed E-state index contributed by atoms with van der Waals surface area (Å²) in [6.07, 6.45) is 1.34. The highest BCUT2D eigenvalue weighted by molar-refractivity contribution is 5.65. The molecular formula is C11H14O4. The van der Waals surface area contributed by atoms with E-state index in [2.05, 4.69) is 4.89 Å². The van der Waals surface area contributed by atoms with Gasteiger partial charge in [-0.2, -0.15) is 0 Å². The predicted molar refractivity (Wildman–Crippen MR) is 54.2 cm³/mol. The monoisotopic (exact) mass is 210 g/mol. The minimum absolute atomic E-state index is 0.127. The number of rotatable bonds is 5. The van der Waals surface area contributed by atoms with Crippen LogP contribution in [0.1, 0.15) is 18.9 Å². The highest BCUT2D eigenvalue weighted by atomic mass is 17.2. The number of carbonyl (C=O) groups excluding carboxylic acids is 1. The molecular weight excluding hydrogens is 196 g/mol. The van der Waals surface area contributed by atoms with Gasteiger partial charge >= 0.3 is 5.97 Å². The van der Waals surface area contributed by atoms with E-state index in [1.807, 2.05) is 12.1 Å². The van der Waals surface area contributed by atoms with Crippen LogP contribution in [0.2, 0.25) is 0 Å². The first-order valence-electron chi connectivity index (χ1n) is 4.78. The van der Waals surface area contributed by atoms with E-state index >= 15 is 0 Å². The molecule has 0 amide bonds. The number of hydrogen-bond donors (Lipinski definition) is 1. The summed E-state index contributed by atoms with van der Waals surface area (Å²) >= 11 is 0. The zero-order chi connectivity index (χ0) is 11.1. The molecule has 1 aromatic carbocycles. The normalized spacial score (nSPS) is 9.73. The Labute approximate surface area is 88.4 Å². The Bertz CT molecular complexity index is 322. The Morgan fingerprint density at radius 1 is 1.40 bits per heavy atom. The fourth-order valence-corrected chi connectivity index (χ4v) is 1.16. The first kappa shape index (κ1) is 11.5. The molecule has 1 rings (SSSR count). The first-order valence-corrected chi connectivity index (χ1v) is 4.78. The largest absolute Gasteiger partial charge is 0.396 e. The molecule has 1 N–H and O–H groups in total. The fraction of sp³-hybridized carbons (Fsp3) is 0.364. The van der Waals surface area contributed by atoms with E-state index in [4.69, 9.17) is 9.99 Å². The van der Waals surface area contributed by atoms with Gasteiger partial charge in [-0.3, -0.25) is 9.78 Å². The molecule has 0 aromatic heterocycles. The van der Waals surface area contributed by atoms with Crippen LogP contribution in [0.15, 0.2) is 24.3 Å². The van der Waals surface area contributed by atoms with Gasteiger partial charge in [0.05, 0.1) is 0 Å². The van der Waals surface area contributed by atoms with Crippen molar-refractivity contribution < 1.29 is 19.7 Å². The molecule has 0 unspecified atom stereocenters. The minimum Gasteiger partial charge on any atom is -0.396 e. The van der Waals surface area contributed by atoms with Crippen LogP contribution in [-0.4, -0.2) is 17.7 Å². The summed E-state index contributed by atoms with van der Waals surface area (Å²) in [6, 6.07) is 7.25. The summed E-state index contributed by atoms with van der Waals surface area (Å²) in [5.41, 5.74) is 0.910. The molecule has 0 aliphatic rings. The molecule has 0 atom stereocenters. The van der Waals surface area contributed by atoms with Crippen molar-refractivity contribution in [3.8, 4) is 5.75 Å². The van der Waals surface area contributed by atoms with Gasteiger partial charge in [0.2, 0.25) is 0 Å². The number of carbonyl (C=O) groups is 1. The molecule has 0 aliphatic heterocycles. The van der Waals surface area contributed by atoms with Crippen molar-refractivity contribution in [3.05, 3.63) is 29.8 Å². The van der Waals surface area contributed by atoms with Crippen molar-refractivity contribution >= 4 is 5.97 Å². The second kappa shape index (κ2) is 6.03. The summed E-state index contributed by atoms with van der Waals surface area (Å²) in [4.78, 5) is 19.9. The average Bonchev–Trinajstić information content (AvgIpc) is 2.24. The lowest BCUT2D eigenvalue weighted by Gasteiger charge is -2.07. The predicted octanol–water partition coefficient (Wildman–Crippen LogP) is 1.47. The van der Waals surface area contributed by atoms with Crippen molar-refractivity contribution in [1.29, 1.82) is 0 Å². The zero-order valence-corrected chi connectivity index (χ0v) is 8.60. The lowest BCUT2D eigenvalue weighted by atomic mass is 10.1. The van der Waals surface area contributed by atoms with Crippen LogP contribution in [0.5, 0.6) is 5.75 Å². The molecule has 0 radical (unpaired) electrons. The molecule has 1 aromatic rings. The number of benzene rings is 1. The van der Waals surface area contributed by atoms with E-state index in [1.54, 1.807) is 12.1 Å². The maximum atomic E-state index is 10.6. The zero-order valence-electron chi connectivity index (χ0n) is 8.60. The van der Waals surface area contributed by atoms with Crippen LogP contribution in [-0.2, 0) is 16.1 Å². The van der Waals surface area contributed by atoms with Crippen molar-refractivity contribution in [1.82, 2.24) is 0 Å². The lowest BCUT2D eigenvalue weighted by molar-refractivity contribution is -0.211. The van der Waals surface area contributed by atoms with Crippen LogP contribution in [0.25, 0.3) is 0 Å². The SMILES string of the molecule is CC(=O)OOc1ccccc1CCCO. The van der Waals surface area contributed by atoms with Crippen molar-refractivity contribution in [3.63, 3.8) is 0 Å². The van der Waals surface area contributed by atoms with Gasteiger partial charge in [-0.05, 0) is 24.5 Å².